The number of aromatic nitrogens is 3. The van der Waals surface area contributed by atoms with Crippen molar-refractivity contribution in [1.82, 2.24) is 19.9 Å². The Morgan fingerprint density at radius 3 is 2.72 bits per heavy atom. The molecule has 3 heterocycles. The summed E-state index contributed by atoms with van der Waals surface area (Å²) in [5, 5.41) is 0.153. The Morgan fingerprint density at radius 1 is 1.31 bits per heavy atom. The van der Waals surface area contributed by atoms with Gasteiger partial charge in [-0.15, -0.1) is 0 Å². The zero-order chi connectivity index (χ0) is 22.9. The highest BCUT2D eigenvalue weighted by atomic mass is 35.5. The molecule has 2 aromatic rings. The molecule has 3 atom stereocenters. The molecule has 0 radical (unpaired) electrons. The third-order valence-corrected chi connectivity index (χ3v) is 7.46. The van der Waals surface area contributed by atoms with E-state index >= 15 is 0 Å². The molecule has 0 unspecified atom stereocenters. The van der Waals surface area contributed by atoms with Crippen LogP contribution in [0.1, 0.15) is 32.6 Å². The second kappa shape index (κ2) is 7.32. The number of halogens is 4. The van der Waals surface area contributed by atoms with Crippen molar-refractivity contribution in [3.05, 3.63) is 17.2 Å². The number of nitrogens with zero attached hydrogens (tertiary/aromatic N) is 5. The summed E-state index contributed by atoms with van der Waals surface area (Å²) in [4.78, 5) is 16.6. The van der Waals surface area contributed by atoms with Crippen LogP contribution in [0.4, 0.5) is 19.0 Å². The van der Waals surface area contributed by atoms with Crippen LogP contribution < -0.4 is 9.64 Å². The van der Waals surface area contributed by atoms with Crippen molar-refractivity contribution < 1.29 is 17.9 Å². The van der Waals surface area contributed by atoms with Gasteiger partial charge in [-0.3, -0.25) is 0 Å². The number of pyridine rings is 1. The van der Waals surface area contributed by atoms with E-state index in [0.717, 1.165) is 32.4 Å². The molecular formula is C22H27ClF3N5O. The second-order valence-corrected chi connectivity index (χ2v) is 10.8. The number of anilines is 1. The van der Waals surface area contributed by atoms with Crippen LogP contribution in [-0.4, -0.2) is 66.1 Å². The first-order valence-electron chi connectivity index (χ1n) is 10.9. The highest BCUT2D eigenvalue weighted by Gasteiger charge is 2.71. The Balaban J connectivity index is 1.51. The molecule has 6 nitrogen and oxygen atoms in total. The van der Waals surface area contributed by atoms with Crippen LogP contribution in [0.2, 0.25) is 5.15 Å². The van der Waals surface area contributed by atoms with Gasteiger partial charge < -0.3 is 14.5 Å². The third kappa shape index (κ3) is 3.67. The highest BCUT2D eigenvalue weighted by Crippen LogP contribution is 2.60. The summed E-state index contributed by atoms with van der Waals surface area (Å²) in [5.74, 6) is -2.50. The Hall–Kier alpha value is -1.87. The average Bonchev–Trinajstić information content (AvgIpc) is 3.12. The van der Waals surface area contributed by atoms with E-state index in [0.29, 0.717) is 17.1 Å². The van der Waals surface area contributed by atoms with Crippen molar-refractivity contribution in [2.75, 3.05) is 45.2 Å². The van der Waals surface area contributed by atoms with Crippen LogP contribution in [0.25, 0.3) is 10.9 Å². The fraction of sp³-hybridized carbons (Fsp3) is 0.682. The van der Waals surface area contributed by atoms with Gasteiger partial charge in [0, 0.05) is 32.3 Å². The fourth-order valence-corrected chi connectivity index (χ4v) is 5.76. The lowest BCUT2D eigenvalue weighted by Gasteiger charge is -2.39. The highest BCUT2D eigenvalue weighted by molar-refractivity contribution is 6.30. The van der Waals surface area contributed by atoms with Crippen LogP contribution in [-0.2, 0) is 0 Å². The largest absolute Gasteiger partial charge is 0.463 e. The van der Waals surface area contributed by atoms with Gasteiger partial charge in [0.25, 0.3) is 5.92 Å². The van der Waals surface area contributed by atoms with E-state index in [4.69, 9.17) is 16.3 Å². The van der Waals surface area contributed by atoms with Crippen LogP contribution in [0.15, 0.2) is 6.20 Å². The molecule has 3 aliphatic rings. The van der Waals surface area contributed by atoms with Crippen LogP contribution in [0.5, 0.6) is 6.01 Å². The van der Waals surface area contributed by atoms with Crippen LogP contribution >= 0.6 is 11.6 Å². The maximum absolute atomic E-state index is 14.9. The molecule has 5 rings (SSSR count). The molecule has 0 spiro atoms. The summed E-state index contributed by atoms with van der Waals surface area (Å²) in [6.45, 7) is 3.77. The van der Waals surface area contributed by atoms with E-state index in [1.807, 2.05) is 0 Å². The lowest BCUT2D eigenvalue weighted by molar-refractivity contribution is 0.0288. The molecule has 2 aliphatic carbocycles. The monoisotopic (exact) mass is 469 g/mol. The summed E-state index contributed by atoms with van der Waals surface area (Å²) in [6, 6.07) is -0.113. The van der Waals surface area contributed by atoms with Gasteiger partial charge in [0.05, 0.1) is 10.8 Å². The maximum atomic E-state index is 14.9. The first kappa shape index (κ1) is 21.9. The molecule has 10 heteroatoms. The zero-order valence-corrected chi connectivity index (χ0v) is 19.2. The van der Waals surface area contributed by atoms with E-state index in [1.165, 1.54) is 6.20 Å². The van der Waals surface area contributed by atoms with E-state index in [-0.39, 0.29) is 41.7 Å². The van der Waals surface area contributed by atoms with Crippen LogP contribution in [0.3, 0.4) is 0 Å². The van der Waals surface area contributed by atoms with Gasteiger partial charge in [0.2, 0.25) is 0 Å². The standard InChI is InChI=1S/C22H27ClF3N5O/c1-20-5-4-13(6-20)8-31(10-20)18-14-7-27-17(23)15(24)16(14)28-19(29-18)32-12-21(11-30(2)3)9-22(21,25)26/h7,13H,4-6,8-12H2,1-3H3/t13-,20-,21+/m0/s1. The number of alkyl halides is 2. The van der Waals surface area contributed by atoms with Crippen molar-refractivity contribution in [2.24, 2.45) is 16.7 Å². The molecule has 1 saturated heterocycles. The zero-order valence-electron chi connectivity index (χ0n) is 18.5. The summed E-state index contributed by atoms with van der Waals surface area (Å²) >= 11 is 5.91. The quantitative estimate of drug-likeness (QED) is 0.584. The first-order valence-corrected chi connectivity index (χ1v) is 11.3. The molecule has 3 fully saturated rings. The summed E-state index contributed by atoms with van der Waals surface area (Å²) < 4.78 is 48.9. The van der Waals surface area contributed by atoms with Gasteiger partial charge in [-0.1, -0.05) is 18.5 Å². The van der Waals surface area contributed by atoms with Crippen molar-refractivity contribution in [1.29, 1.82) is 0 Å². The van der Waals surface area contributed by atoms with Crippen molar-refractivity contribution in [2.45, 2.75) is 38.5 Å². The number of rotatable bonds is 6. The number of piperidine rings is 1. The third-order valence-electron chi connectivity index (χ3n) is 7.20. The normalized spacial score (nSPS) is 30.9. The summed E-state index contributed by atoms with van der Waals surface area (Å²) in [7, 11) is 3.49. The number of fused-ring (bicyclic) bond motifs is 3. The summed E-state index contributed by atoms with van der Waals surface area (Å²) in [6.07, 6.45) is 4.67. The SMILES string of the molecule is CN(C)C[C@@]1(COc2nc(N3C[C@H]4CC[C@@](C)(C4)C3)c3cnc(Cl)c(F)c3n2)CC1(F)F. The molecule has 2 aromatic heterocycles. The van der Waals surface area contributed by atoms with Gasteiger partial charge in [-0.2, -0.15) is 9.97 Å². The van der Waals surface area contributed by atoms with Crippen molar-refractivity contribution >= 4 is 28.3 Å². The van der Waals surface area contributed by atoms with E-state index < -0.39 is 17.2 Å². The van der Waals surface area contributed by atoms with Gasteiger partial charge in [-0.25, -0.2) is 18.2 Å². The van der Waals surface area contributed by atoms with Crippen LogP contribution in [0, 0.1) is 22.6 Å². The average molecular weight is 470 g/mol. The van der Waals surface area contributed by atoms with Gasteiger partial charge in [0.1, 0.15) is 17.9 Å². The minimum Gasteiger partial charge on any atom is -0.463 e. The summed E-state index contributed by atoms with van der Waals surface area (Å²) in [5.41, 5.74) is -1.12. The lowest BCUT2D eigenvalue weighted by atomic mass is 9.84. The van der Waals surface area contributed by atoms with Crippen molar-refractivity contribution in [3.63, 3.8) is 0 Å². The number of hydrogen-bond acceptors (Lipinski definition) is 6. The maximum Gasteiger partial charge on any atom is 0.319 e. The Labute approximate surface area is 190 Å². The molecule has 1 aliphatic heterocycles. The molecule has 0 amide bonds. The molecule has 32 heavy (non-hydrogen) atoms. The smallest absolute Gasteiger partial charge is 0.319 e. The fourth-order valence-electron chi connectivity index (χ4n) is 5.62. The van der Waals surface area contributed by atoms with Crippen molar-refractivity contribution in [3.8, 4) is 6.01 Å². The Bertz CT molecular complexity index is 1070. The minimum absolute atomic E-state index is 0.00251. The number of hydrogen-bond donors (Lipinski definition) is 0. The second-order valence-electron chi connectivity index (χ2n) is 10.4. The van der Waals surface area contributed by atoms with Gasteiger partial charge >= 0.3 is 6.01 Å². The lowest BCUT2D eigenvalue weighted by Crippen LogP contribution is -2.42. The van der Waals surface area contributed by atoms with E-state index in [1.54, 1.807) is 19.0 Å². The molecule has 0 N–H and O–H groups in total. The Kier molecular flexibility index (Phi) is 5.02. The first-order chi connectivity index (χ1) is 15.0. The predicted octanol–water partition coefficient (Wildman–Crippen LogP) is 4.41. The van der Waals surface area contributed by atoms with Gasteiger partial charge in [-0.05, 0) is 44.7 Å². The molecule has 174 valence electrons. The Morgan fingerprint density at radius 2 is 2.06 bits per heavy atom. The topological polar surface area (TPSA) is 54.4 Å². The van der Waals surface area contributed by atoms with Gasteiger partial charge in [0.15, 0.2) is 11.0 Å². The minimum atomic E-state index is -2.81. The molecule has 0 aromatic carbocycles. The molecular weight excluding hydrogens is 443 g/mol. The van der Waals surface area contributed by atoms with E-state index in [2.05, 4.69) is 26.8 Å². The number of ether oxygens (including phenoxy) is 1. The molecule has 2 saturated carbocycles. The molecule has 2 bridgehead atoms. The predicted molar refractivity (Wildman–Crippen MR) is 116 cm³/mol. The van der Waals surface area contributed by atoms with E-state index in [9.17, 15) is 13.2 Å².